The summed E-state index contributed by atoms with van der Waals surface area (Å²) in [5, 5.41) is 22.0. The molecule has 2 N–H and O–H groups in total. The maximum atomic E-state index is 13.4. The molecule has 59 heavy (non-hydrogen) atoms. The van der Waals surface area contributed by atoms with Gasteiger partial charge in [0.15, 0.2) is 5.78 Å². The van der Waals surface area contributed by atoms with E-state index in [1.165, 1.54) is 89.9 Å². The lowest BCUT2D eigenvalue weighted by atomic mass is 9.42. The summed E-state index contributed by atoms with van der Waals surface area (Å²) in [7, 11) is 0. The summed E-state index contributed by atoms with van der Waals surface area (Å²) < 4.78 is 1.98. The number of hydrogen-bond donors (Lipinski definition) is 2. The number of Topliss-reactive ketones (excluding diaryl/α,β-unsaturated/α-hetero) is 2. The van der Waals surface area contributed by atoms with Gasteiger partial charge in [0, 0.05) is 18.0 Å². The van der Waals surface area contributed by atoms with Gasteiger partial charge < -0.3 is 14.8 Å². The largest absolute Gasteiger partial charge is 0.390 e. The number of imidazole rings is 1. The number of aromatic nitrogens is 2. The second-order valence-corrected chi connectivity index (χ2v) is 23.5. The summed E-state index contributed by atoms with van der Waals surface area (Å²) in [5.41, 5.74) is 1.39. The van der Waals surface area contributed by atoms with Crippen LogP contribution in [0.15, 0.2) is 12.5 Å². The highest BCUT2D eigenvalue weighted by molar-refractivity contribution is 9.09. The Labute approximate surface area is 369 Å². The molecule has 336 valence electrons. The lowest BCUT2D eigenvalue weighted by Crippen LogP contribution is -2.56. The summed E-state index contributed by atoms with van der Waals surface area (Å²) in [4.78, 5) is 30.3. The van der Waals surface area contributed by atoms with Gasteiger partial charge in [-0.2, -0.15) is 0 Å². The predicted molar refractivity (Wildman–Crippen MR) is 245 cm³/mol. The second-order valence-electron chi connectivity index (χ2n) is 23.0. The Hall–Kier alpha value is -1.05. The molecule has 6 nitrogen and oxygen atoms in total. The number of aryl methyl sites for hydroxylation is 1. The van der Waals surface area contributed by atoms with Crippen LogP contribution in [-0.4, -0.2) is 47.9 Å². The first-order chi connectivity index (χ1) is 27.0. The Morgan fingerprint density at radius 1 is 0.661 bits per heavy atom. The van der Waals surface area contributed by atoms with Crippen molar-refractivity contribution in [2.45, 2.75) is 209 Å². The van der Waals surface area contributed by atoms with Gasteiger partial charge in [-0.3, -0.25) is 9.59 Å². The Balaban J connectivity index is 0.000000195. The Bertz CT molecular complexity index is 1650. The molecule has 1 heterocycles. The minimum atomic E-state index is -0.462. The van der Waals surface area contributed by atoms with Gasteiger partial charge in [0.25, 0.3) is 0 Å². The van der Waals surface area contributed by atoms with Crippen LogP contribution in [0.1, 0.15) is 191 Å². The van der Waals surface area contributed by atoms with Crippen molar-refractivity contribution >= 4 is 27.5 Å². The first-order valence-corrected chi connectivity index (χ1v) is 25.1. The summed E-state index contributed by atoms with van der Waals surface area (Å²) in [6.07, 6.45) is 27.7. The molecule has 8 aliphatic rings. The van der Waals surface area contributed by atoms with Gasteiger partial charge in [-0.15, -0.1) is 0 Å². The maximum Gasteiger partial charge on any atom is 0.156 e. The molecular weight excluding hydrogens is 796 g/mol. The number of aliphatic hydroxyl groups is 2. The molecule has 8 aliphatic carbocycles. The van der Waals surface area contributed by atoms with Crippen LogP contribution < -0.4 is 0 Å². The van der Waals surface area contributed by atoms with Crippen molar-refractivity contribution in [1.29, 1.82) is 0 Å². The molecule has 0 bridgehead atoms. The molecule has 1 aromatic rings. The number of ketones is 2. The van der Waals surface area contributed by atoms with E-state index in [-0.39, 0.29) is 37.5 Å². The van der Waals surface area contributed by atoms with Crippen molar-refractivity contribution in [3.63, 3.8) is 0 Å². The molecule has 9 rings (SSSR count). The zero-order chi connectivity index (χ0) is 40.8. The molecule has 8 fully saturated rings. The SMILES string of the molecule is C.C.CC[C@]12CC[C@@](C)(O)C[C@@H]1CC[C@H]1[C@@H]3CC[C@H](C(=O)CBr)[C@@]3(C)CC[C@@H]12.CC[C@]12CC[C@@](C)(O)C[C@@H]1CC[C@H]1[C@@H]3CC[C@H](C(=O)Cn4cnc(C)c4)[C@@]3(C)CC[C@@H]12. The standard InChI is InChI=1S/C27H42N2O2.C23H37BrO2.2CH4/c1-5-27-13-12-25(3,31)14-19(27)6-7-20-21-8-9-23(26(21,4)11-10-22(20)27)24(30)16-29-15-18(2)28-17-29;1-4-23-12-11-21(2,26)13-15(23)5-6-16-17-7-8-19(20(25)14-24)22(17,3)10-9-18(16)23;;/h15,17,19-23,31H,5-14,16H2,1-4H3;15-19,26H,4-14H2,1-3H3;2*1H4/t19-,20-,21-,22-,23+,25+,26-,27-;15-,16-,17-,18-,19+,21+,22-,23-;;/m00../s1. The summed E-state index contributed by atoms with van der Waals surface area (Å²) in [6, 6.07) is 0. The molecule has 0 radical (unpaired) electrons. The third kappa shape index (κ3) is 7.86. The minimum absolute atomic E-state index is 0. The third-order valence-corrected chi connectivity index (χ3v) is 21.2. The fraction of sp³-hybridized carbons (Fsp3) is 0.904. The average molecular weight is 884 g/mol. The molecule has 16 atom stereocenters. The van der Waals surface area contributed by atoms with Gasteiger partial charge in [0.1, 0.15) is 5.78 Å². The van der Waals surface area contributed by atoms with E-state index in [0.29, 0.717) is 52.0 Å². The van der Waals surface area contributed by atoms with Gasteiger partial charge in [-0.05, 0) is 218 Å². The van der Waals surface area contributed by atoms with Crippen molar-refractivity contribution in [3.8, 4) is 0 Å². The number of carbonyl (C=O) groups excluding carboxylic acids is 2. The lowest BCUT2D eigenvalue weighted by molar-refractivity contribution is -0.158. The molecule has 0 aliphatic heterocycles. The van der Waals surface area contributed by atoms with E-state index in [2.05, 4.69) is 62.5 Å². The van der Waals surface area contributed by atoms with Gasteiger partial charge in [0.2, 0.25) is 0 Å². The summed E-state index contributed by atoms with van der Waals surface area (Å²) in [5.74, 6) is 7.46. The topological polar surface area (TPSA) is 92.4 Å². The number of nitrogens with zero attached hydrogens (tertiary/aromatic N) is 2. The Kier molecular flexibility index (Phi) is 13.8. The number of rotatable bonds is 7. The van der Waals surface area contributed by atoms with E-state index in [0.717, 1.165) is 73.8 Å². The van der Waals surface area contributed by atoms with Crippen LogP contribution in [0.5, 0.6) is 0 Å². The minimum Gasteiger partial charge on any atom is -0.390 e. The van der Waals surface area contributed by atoms with E-state index >= 15 is 0 Å². The number of alkyl halides is 1. The first-order valence-electron chi connectivity index (χ1n) is 24.0. The quantitative estimate of drug-likeness (QED) is 0.266. The monoisotopic (exact) mass is 883 g/mol. The van der Waals surface area contributed by atoms with Gasteiger partial charge in [-0.25, -0.2) is 4.98 Å². The smallest absolute Gasteiger partial charge is 0.156 e. The highest BCUT2D eigenvalue weighted by Crippen LogP contribution is 2.71. The van der Waals surface area contributed by atoms with Crippen LogP contribution in [0.25, 0.3) is 0 Å². The molecule has 0 spiro atoms. The normalized spacial score (nSPS) is 48.2. The van der Waals surface area contributed by atoms with Crippen molar-refractivity contribution in [2.75, 3.05) is 5.33 Å². The van der Waals surface area contributed by atoms with E-state index in [9.17, 15) is 19.8 Å². The first kappa shape index (κ1) is 47.4. The summed E-state index contributed by atoms with van der Waals surface area (Å²) >= 11 is 3.44. The maximum absolute atomic E-state index is 13.4. The highest BCUT2D eigenvalue weighted by atomic mass is 79.9. The van der Waals surface area contributed by atoms with Crippen LogP contribution in [0.3, 0.4) is 0 Å². The molecule has 8 saturated carbocycles. The van der Waals surface area contributed by atoms with Gasteiger partial charge >= 0.3 is 0 Å². The lowest BCUT2D eigenvalue weighted by Gasteiger charge is -2.63. The molecule has 0 unspecified atom stereocenters. The van der Waals surface area contributed by atoms with E-state index in [1.807, 2.05) is 24.0 Å². The second kappa shape index (κ2) is 17.2. The molecule has 7 heteroatoms. The van der Waals surface area contributed by atoms with Crippen molar-refractivity contribution < 1.29 is 19.8 Å². The van der Waals surface area contributed by atoms with E-state index < -0.39 is 11.2 Å². The highest BCUT2D eigenvalue weighted by Gasteiger charge is 2.64. The molecule has 0 amide bonds. The van der Waals surface area contributed by atoms with Crippen LogP contribution in [0, 0.1) is 87.8 Å². The summed E-state index contributed by atoms with van der Waals surface area (Å²) in [6.45, 7) is 16.3. The van der Waals surface area contributed by atoms with Crippen molar-refractivity contribution in [3.05, 3.63) is 18.2 Å². The number of hydrogen-bond acceptors (Lipinski definition) is 5. The zero-order valence-electron chi connectivity index (χ0n) is 37.0. The van der Waals surface area contributed by atoms with Crippen molar-refractivity contribution in [2.24, 2.45) is 80.8 Å². The number of carbonyl (C=O) groups is 2. The van der Waals surface area contributed by atoms with E-state index in [4.69, 9.17) is 0 Å². The van der Waals surface area contributed by atoms with Gasteiger partial charge in [-0.1, -0.05) is 58.5 Å². The van der Waals surface area contributed by atoms with E-state index in [1.54, 1.807) is 0 Å². The zero-order valence-corrected chi connectivity index (χ0v) is 38.6. The van der Waals surface area contributed by atoms with Crippen LogP contribution in [0.2, 0.25) is 0 Å². The van der Waals surface area contributed by atoms with Crippen LogP contribution in [0.4, 0.5) is 0 Å². The number of halogens is 1. The molecule has 0 saturated heterocycles. The van der Waals surface area contributed by atoms with Crippen LogP contribution >= 0.6 is 15.9 Å². The number of fused-ring (bicyclic) bond motifs is 10. The predicted octanol–water partition coefficient (Wildman–Crippen LogP) is 12.6. The van der Waals surface area contributed by atoms with Crippen LogP contribution in [-0.2, 0) is 16.1 Å². The average Bonchev–Trinajstić information content (AvgIpc) is 3.87. The van der Waals surface area contributed by atoms with Crippen molar-refractivity contribution in [1.82, 2.24) is 9.55 Å². The fourth-order valence-electron chi connectivity index (χ4n) is 17.9. The molecule has 0 aromatic carbocycles. The molecule has 1 aromatic heterocycles. The fourth-order valence-corrected chi connectivity index (χ4v) is 18.3. The molecular formula is C52H87BrN2O4. The van der Waals surface area contributed by atoms with Gasteiger partial charge in [0.05, 0.1) is 35.1 Å². The Morgan fingerprint density at radius 2 is 1.12 bits per heavy atom. The third-order valence-electron chi connectivity index (χ3n) is 20.6. The Morgan fingerprint density at radius 3 is 1.53 bits per heavy atom.